The van der Waals surface area contributed by atoms with E-state index in [0.29, 0.717) is 6.42 Å². The van der Waals surface area contributed by atoms with E-state index in [0.717, 1.165) is 16.6 Å². The van der Waals surface area contributed by atoms with Gasteiger partial charge in [0, 0.05) is 5.56 Å². The van der Waals surface area contributed by atoms with Crippen LogP contribution >= 0.6 is 0 Å². The summed E-state index contributed by atoms with van der Waals surface area (Å²) in [4.78, 5) is 37.1. The Bertz CT molecular complexity index is 811. The molecule has 0 aliphatic carbocycles. The summed E-state index contributed by atoms with van der Waals surface area (Å²) in [6.45, 7) is 10.8. The van der Waals surface area contributed by atoms with Crippen LogP contribution in [0.1, 0.15) is 59.1 Å². The molecule has 1 rings (SSSR count). The lowest BCUT2D eigenvalue weighted by Gasteiger charge is -2.32. The van der Waals surface area contributed by atoms with Gasteiger partial charge in [-0.2, -0.15) is 0 Å². The number of nitrogens with zero attached hydrogens (tertiary/aromatic N) is 1. The molecular formula is C26H42NO6+. The fourth-order valence-corrected chi connectivity index (χ4v) is 2.94. The maximum absolute atomic E-state index is 13.1. The fourth-order valence-electron chi connectivity index (χ4n) is 2.94. The molecule has 0 N–H and O–H groups in total. The van der Waals surface area contributed by atoms with Gasteiger partial charge in [0.25, 0.3) is 0 Å². The topological polar surface area (TPSA) is 78.9 Å². The lowest BCUT2D eigenvalue weighted by molar-refractivity contribution is -0.884. The van der Waals surface area contributed by atoms with Crippen molar-refractivity contribution in [2.45, 2.75) is 66.7 Å². The fraction of sp³-hybridized carbons (Fsp3) is 0.654. The highest BCUT2D eigenvalue weighted by Crippen LogP contribution is 2.26. The van der Waals surface area contributed by atoms with Gasteiger partial charge in [-0.1, -0.05) is 45.0 Å². The Morgan fingerprint density at radius 3 is 1.94 bits per heavy atom. The molecule has 0 heterocycles. The summed E-state index contributed by atoms with van der Waals surface area (Å²) in [5, 5.41) is 0. The number of quaternary nitrogens is 1. The molecule has 0 radical (unpaired) electrons. The quantitative estimate of drug-likeness (QED) is 0.325. The zero-order valence-corrected chi connectivity index (χ0v) is 21.8. The molecule has 186 valence electrons. The number of carbonyl (C=O) groups excluding carboxylic acids is 3. The molecule has 0 aromatic heterocycles. The molecule has 1 aromatic carbocycles. The minimum Gasteiger partial charge on any atom is -0.464 e. The van der Waals surface area contributed by atoms with Crippen LogP contribution in [-0.4, -0.2) is 62.2 Å². The van der Waals surface area contributed by atoms with Crippen molar-refractivity contribution in [2.24, 2.45) is 11.3 Å². The molecule has 0 aliphatic rings. The van der Waals surface area contributed by atoms with E-state index in [-0.39, 0.29) is 31.5 Å². The Hall–Kier alpha value is -2.25. The highest BCUT2D eigenvalue weighted by atomic mass is 16.6. The third-order valence-corrected chi connectivity index (χ3v) is 5.68. The van der Waals surface area contributed by atoms with Gasteiger partial charge in [0.2, 0.25) is 0 Å². The second-order valence-corrected chi connectivity index (χ2v) is 10.6. The summed E-state index contributed by atoms with van der Waals surface area (Å²) in [7, 11) is 6.38. The number of Topliss-reactive ketones (excluding diaryl/α,β-unsaturated/α-hetero) is 1. The first-order chi connectivity index (χ1) is 15.1. The van der Waals surface area contributed by atoms with Crippen molar-refractivity contribution in [2.75, 3.05) is 34.4 Å². The van der Waals surface area contributed by atoms with Gasteiger partial charge in [0.1, 0.15) is 30.8 Å². The Labute approximate surface area is 199 Å². The van der Waals surface area contributed by atoms with E-state index in [9.17, 15) is 14.4 Å². The third-order valence-electron chi connectivity index (χ3n) is 5.68. The van der Waals surface area contributed by atoms with Gasteiger partial charge in [-0.15, -0.1) is 0 Å². The van der Waals surface area contributed by atoms with E-state index < -0.39 is 23.0 Å². The maximum atomic E-state index is 13.1. The summed E-state index contributed by atoms with van der Waals surface area (Å²) in [6, 6.07) is 7.93. The molecule has 0 aliphatic heterocycles. The zero-order chi connectivity index (χ0) is 25.4. The van der Waals surface area contributed by atoms with E-state index in [2.05, 4.69) is 21.1 Å². The van der Waals surface area contributed by atoms with E-state index in [1.807, 2.05) is 31.2 Å². The molecule has 0 fully saturated rings. The smallest absolute Gasteiger partial charge is 0.317 e. The van der Waals surface area contributed by atoms with Gasteiger partial charge in [-0.05, 0) is 32.8 Å². The monoisotopic (exact) mass is 464 g/mol. The van der Waals surface area contributed by atoms with Crippen LogP contribution in [0.4, 0.5) is 0 Å². The summed E-state index contributed by atoms with van der Waals surface area (Å²) in [5.74, 6) is -1.41. The Balaban J connectivity index is 2.91. The van der Waals surface area contributed by atoms with Gasteiger partial charge in [-0.3, -0.25) is 14.4 Å². The molecule has 0 saturated carbocycles. The Morgan fingerprint density at radius 1 is 0.939 bits per heavy atom. The molecule has 2 unspecified atom stereocenters. The number of hydrogen-bond acceptors (Lipinski definition) is 6. The largest absolute Gasteiger partial charge is 0.464 e. The Kier molecular flexibility index (Phi) is 10.2. The highest BCUT2D eigenvalue weighted by Gasteiger charge is 2.41. The summed E-state index contributed by atoms with van der Waals surface area (Å²) in [6.07, 6.45) is 0.457. The number of hydrogen-bond donors (Lipinski definition) is 0. The number of esters is 2. The van der Waals surface area contributed by atoms with Crippen LogP contribution in [0, 0.1) is 11.3 Å². The van der Waals surface area contributed by atoms with Crippen LogP contribution in [0.25, 0.3) is 0 Å². The predicted molar refractivity (Wildman–Crippen MR) is 127 cm³/mol. The summed E-state index contributed by atoms with van der Waals surface area (Å²) >= 11 is 0. The number of benzene rings is 1. The molecule has 1 aromatic rings. The number of rotatable bonds is 13. The van der Waals surface area contributed by atoms with E-state index >= 15 is 0 Å². The standard InChI is InChI=1S/C26H42NO6/c1-10-26(6,20(4)28)33-18-25(5,17-32-23(29)19(2)3)24(30)31-16-22-13-11-21(12-14-22)15-27(7,8)9/h11-14,19H,10,15-18H2,1-9H3/q+1. The first-order valence-corrected chi connectivity index (χ1v) is 11.5. The van der Waals surface area contributed by atoms with Crippen molar-refractivity contribution in [3.63, 3.8) is 0 Å². The van der Waals surface area contributed by atoms with Crippen LogP contribution in [0.15, 0.2) is 24.3 Å². The molecule has 0 spiro atoms. The van der Waals surface area contributed by atoms with Gasteiger partial charge in [-0.25, -0.2) is 0 Å². The minimum atomic E-state index is -1.25. The molecule has 2 atom stereocenters. The van der Waals surface area contributed by atoms with Crippen molar-refractivity contribution >= 4 is 17.7 Å². The first-order valence-electron chi connectivity index (χ1n) is 11.5. The lowest BCUT2D eigenvalue weighted by Crippen LogP contribution is -2.45. The number of carbonyl (C=O) groups is 3. The molecule has 33 heavy (non-hydrogen) atoms. The molecule has 0 saturated heterocycles. The summed E-state index contributed by atoms with van der Waals surface area (Å²) < 4.78 is 17.7. The SMILES string of the molecule is CCC(C)(OCC(C)(COC(=O)C(C)C)C(=O)OCc1ccc(C[N+](C)(C)C)cc1)C(C)=O. The maximum Gasteiger partial charge on any atom is 0.317 e. The van der Waals surface area contributed by atoms with E-state index in [4.69, 9.17) is 14.2 Å². The number of ketones is 1. The first kappa shape index (κ1) is 28.8. The normalized spacial score (nSPS) is 15.5. The molecule has 0 bridgehead atoms. The lowest BCUT2D eigenvalue weighted by atomic mass is 9.91. The van der Waals surface area contributed by atoms with Gasteiger partial charge >= 0.3 is 11.9 Å². The van der Waals surface area contributed by atoms with Crippen LogP contribution in [0.3, 0.4) is 0 Å². The second kappa shape index (κ2) is 11.7. The van der Waals surface area contributed by atoms with Gasteiger partial charge in [0.05, 0.1) is 33.7 Å². The zero-order valence-electron chi connectivity index (χ0n) is 21.8. The third kappa shape index (κ3) is 9.26. The van der Waals surface area contributed by atoms with Gasteiger partial charge in [0.15, 0.2) is 5.78 Å². The van der Waals surface area contributed by atoms with Crippen molar-refractivity contribution in [3.8, 4) is 0 Å². The van der Waals surface area contributed by atoms with E-state index in [1.54, 1.807) is 27.7 Å². The molecule has 7 nitrogen and oxygen atoms in total. The van der Waals surface area contributed by atoms with Crippen LogP contribution in [-0.2, 0) is 41.7 Å². The van der Waals surface area contributed by atoms with Crippen LogP contribution < -0.4 is 0 Å². The average Bonchev–Trinajstić information content (AvgIpc) is 2.73. The van der Waals surface area contributed by atoms with Crippen molar-refractivity contribution in [1.29, 1.82) is 0 Å². The van der Waals surface area contributed by atoms with Crippen LogP contribution in [0.5, 0.6) is 0 Å². The van der Waals surface area contributed by atoms with Crippen LogP contribution in [0.2, 0.25) is 0 Å². The highest BCUT2D eigenvalue weighted by molar-refractivity contribution is 5.84. The van der Waals surface area contributed by atoms with Gasteiger partial charge < -0.3 is 18.7 Å². The van der Waals surface area contributed by atoms with Crippen molar-refractivity contribution in [3.05, 3.63) is 35.4 Å². The molecular weight excluding hydrogens is 422 g/mol. The van der Waals surface area contributed by atoms with Crippen molar-refractivity contribution < 1.29 is 33.1 Å². The number of ether oxygens (including phenoxy) is 3. The molecule has 7 heteroatoms. The molecule has 0 amide bonds. The second-order valence-electron chi connectivity index (χ2n) is 10.6. The van der Waals surface area contributed by atoms with Crippen molar-refractivity contribution in [1.82, 2.24) is 0 Å². The summed E-state index contributed by atoms with van der Waals surface area (Å²) in [5.41, 5.74) is -0.219. The Morgan fingerprint density at radius 2 is 1.48 bits per heavy atom. The average molecular weight is 465 g/mol. The van der Waals surface area contributed by atoms with E-state index in [1.165, 1.54) is 12.5 Å². The minimum absolute atomic E-state index is 0.0922. The predicted octanol–water partition coefficient (Wildman–Crippen LogP) is 3.92.